The van der Waals surface area contributed by atoms with Crippen molar-refractivity contribution in [3.8, 4) is 0 Å². The maximum atomic E-state index is 13.2. The van der Waals surface area contributed by atoms with Crippen LogP contribution in [0.3, 0.4) is 0 Å². The minimum absolute atomic E-state index is 0.0856. The number of nitrogens with one attached hydrogen (secondary N) is 5. The Hall–Kier alpha value is -3.95. The van der Waals surface area contributed by atoms with E-state index in [1.807, 2.05) is 6.92 Å². The summed E-state index contributed by atoms with van der Waals surface area (Å²) in [5.74, 6) is -5.26. The minimum Gasteiger partial charge on any atom is -0.480 e. The highest BCUT2D eigenvalue weighted by Gasteiger charge is 2.33. The molecule has 0 aromatic heterocycles. The van der Waals surface area contributed by atoms with Crippen LogP contribution >= 0.6 is 0 Å². The summed E-state index contributed by atoms with van der Waals surface area (Å²) in [5, 5.41) is 21.3. The molecule has 0 fully saturated rings. The molecule has 0 aliphatic rings. The van der Waals surface area contributed by atoms with Gasteiger partial charge in [-0.3, -0.25) is 33.8 Å². The summed E-state index contributed by atoms with van der Waals surface area (Å²) in [6, 6.07) is -4.29. The second-order valence-corrected chi connectivity index (χ2v) is 9.72. The molecule has 0 spiro atoms. The van der Waals surface area contributed by atoms with Crippen molar-refractivity contribution < 1.29 is 33.9 Å². The van der Waals surface area contributed by atoms with E-state index in [2.05, 4.69) is 31.6 Å². The van der Waals surface area contributed by atoms with Gasteiger partial charge in [-0.1, -0.05) is 34.1 Å². The Morgan fingerprint density at radius 1 is 0.825 bits per heavy atom. The zero-order valence-corrected chi connectivity index (χ0v) is 23.8. The van der Waals surface area contributed by atoms with Crippen molar-refractivity contribution >= 4 is 41.5 Å². The Bertz CT molecular complexity index is 922. The number of aliphatic imine (C=N–C) groups is 1. The molecular formula is C24H45N9O7. The Morgan fingerprint density at radius 2 is 1.43 bits per heavy atom. The van der Waals surface area contributed by atoms with E-state index in [0.29, 0.717) is 12.8 Å². The quantitative estimate of drug-likeness (QED) is 0.0453. The highest BCUT2D eigenvalue weighted by Crippen LogP contribution is 2.11. The van der Waals surface area contributed by atoms with Crippen molar-refractivity contribution in [3.63, 3.8) is 0 Å². The predicted octanol–water partition coefficient (Wildman–Crippen LogP) is -3.14. The van der Waals surface area contributed by atoms with E-state index >= 15 is 0 Å². The first-order valence-corrected chi connectivity index (χ1v) is 13.1. The number of carboxylic acid groups (broad SMARTS) is 1. The molecule has 0 saturated heterocycles. The third-order valence-electron chi connectivity index (χ3n) is 5.99. The molecule has 228 valence electrons. The monoisotopic (exact) mass is 571 g/mol. The van der Waals surface area contributed by atoms with Gasteiger partial charge < -0.3 is 48.9 Å². The van der Waals surface area contributed by atoms with Gasteiger partial charge in [0.15, 0.2) is 5.96 Å². The lowest BCUT2D eigenvalue weighted by Crippen LogP contribution is -2.59. The fraction of sp³-hybridized carbons (Fsp3) is 0.708. The van der Waals surface area contributed by atoms with Gasteiger partial charge in [0.25, 0.3) is 0 Å². The number of carboxylic acids is 1. The molecule has 0 rings (SSSR count). The van der Waals surface area contributed by atoms with Crippen molar-refractivity contribution in [2.75, 3.05) is 19.6 Å². The lowest BCUT2D eigenvalue weighted by atomic mass is 9.96. The molecule has 0 aromatic carbocycles. The topological polar surface area (TPSA) is 273 Å². The van der Waals surface area contributed by atoms with E-state index in [0.717, 1.165) is 0 Å². The van der Waals surface area contributed by atoms with Crippen molar-refractivity contribution in [3.05, 3.63) is 0 Å². The Labute approximate surface area is 234 Å². The van der Waals surface area contributed by atoms with Gasteiger partial charge in [-0.2, -0.15) is 0 Å². The lowest BCUT2D eigenvalue weighted by molar-refractivity contribution is -0.141. The largest absolute Gasteiger partial charge is 0.480 e. The summed E-state index contributed by atoms with van der Waals surface area (Å²) in [5.41, 5.74) is 16.0. The van der Waals surface area contributed by atoms with Gasteiger partial charge in [0.05, 0.1) is 13.1 Å². The molecule has 0 heterocycles. The van der Waals surface area contributed by atoms with Gasteiger partial charge >= 0.3 is 5.97 Å². The molecule has 0 unspecified atom stereocenters. The van der Waals surface area contributed by atoms with Gasteiger partial charge in [0, 0.05) is 6.54 Å². The number of aliphatic carboxylic acids is 1. The molecule has 40 heavy (non-hydrogen) atoms. The maximum Gasteiger partial charge on any atom is 0.325 e. The Morgan fingerprint density at radius 3 is 1.93 bits per heavy atom. The van der Waals surface area contributed by atoms with Gasteiger partial charge in [0.1, 0.15) is 24.2 Å². The zero-order chi connectivity index (χ0) is 31.0. The summed E-state index contributed by atoms with van der Waals surface area (Å²) < 4.78 is 0. The van der Waals surface area contributed by atoms with E-state index < -0.39 is 72.1 Å². The van der Waals surface area contributed by atoms with Crippen LogP contribution in [0, 0.1) is 11.8 Å². The van der Waals surface area contributed by atoms with Crippen LogP contribution in [-0.4, -0.2) is 90.4 Å². The lowest BCUT2D eigenvalue weighted by Gasteiger charge is -2.29. The molecule has 5 atom stereocenters. The van der Waals surface area contributed by atoms with Crippen molar-refractivity contribution in [1.29, 1.82) is 0 Å². The molecule has 0 saturated carbocycles. The van der Waals surface area contributed by atoms with Gasteiger partial charge in [-0.15, -0.1) is 0 Å². The van der Waals surface area contributed by atoms with Crippen molar-refractivity contribution in [1.82, 2.24) is 26.6 Å². The van der Waals surface area contributed by atoms with Gasteiger partial charge in [0.2, 0.25) is 29.5 Å². The van der Waals surface area contributed by atoms with Crippen LogP contribution < -0.4 is 43.8 Å². The smallest absolute Gasteiger partial charge is 0.325 e. The van der Waals surface area contributed by atoms with Crippen LogP contribution in [0.2, 0.25) is 0 Å². The number of nitrogens with zero attached hydrogens (tertiary/aromatic N) is 1. The maximum absolute atomic E-state index is 13.2. The molecule has 0 aliphatic carbocycles. The molecule has 0 aliphatic heterocycles. The number of hydrogen-bond acceptors (Lipinski definition) is 8. The van der Waals surface area contributed by atoms with E-state index in [9.17, 15) is 28.8 Å². The third-order valence-corrected chi connectivity index (χ3v) is 5.99. The summed E-state index contributed by atoms with van der Waals surface area (Å²) in [7, 11) is 0. The first kappa shape index (κ1) is 36.0. The van der Waals surface area contributed by atoms with Crippen molar-refractivity contribution in [2.24, 2.45) is 34.0 Å². The molecule has 16 nitrogen and oxygen atoms in total. The second kappa shape index (κ2) is 18.4. The standard InChI is InChI=1S/C24H45N9O7/c1-6-13(4)19(32-16(34)10-25)22(38)33-18(12(2)3)21(37)31-15(8-7-9-28-24(26)27)20(36)29-11-17(35)30-14(5)23(39)40/h12-15,18-19H,6-11,25H2,1-5H3,(H,29,36)(H,30,35)(H,31,37)(H,32,34)(H,33,38)(H,39,40)(H4,26,27,28)/t13-,14-,15-,18-,19-/m0/s1. The summed E-state index contributed by atoms with van der Waals surface area (Å²) in [4.78, 5) is 77.8. The predicted molar refractivity (Wildman–Crippen MR) is 147 cm³/mol. The number of rotatable bonds is 18. The summed E-state index contributed by atoms with van der Waals surface area (Å²) >= 11 is 0. The first-order chi connectivity index (χ1) is 18.6. The Kier molecular flexibility index (Phi) is 16.5. The van der Waals surface area contributed by atoms with Crippen LogP contribution in [0.25, 0.3) is 0 Å². The first-order valence-electron chi connectivity index (χ1n) is 13.1. The molecule has 16 heteroatoms. The number of amides is 5. The number of nitrogens with two attached hydrogens (primary N) is 3. The number of carbonyl (C=O) groups is 6. The highest BCUT2D eigenvalue weighted by molar-refractivity contribution is 5.95. The van der Waals surface area contributed by atoms with Gasteiger partial charge in [-0.25, -0.2) is 0 Å². The normalized spacial score (nSPS) is 14.5. The molecular weight excluding hydrogens is 526 g/mol. The van der Waals surface area contributed by atoms with E-state index in [-0.39, 0.29) is 31.4 Å². The summed E-state index contributed by atoms with van der Waals surface area (Å²) in [6.07, 6.45) is 0.944. The zero-order valence-electron chi connectivity index (χ0n) is 23.8. The van der Waals surface area contributed by atoms with Gasteiger partial charge in [-0.05, 0) is 31.6 Å². The van der Waals surface area contributed by atoms with E-state index in [4.69, 9.17) is 22.3 Å². The molecule has 12 N–H and O–H groups in total. The van der Waals surface area contributed by atoms with E-state index in [1.54, 1.807) is 20.8 Å². The average molecular weight is 572 g/mol. The second-order valence-electron chi connectivity index (χ2n) is 9.72. The fourth-order valence-corrected chi connectivity index (χ4v) is 3.39. The highest BCUT2D eigenvalue weighted by atomic mass is 16.4. The van der Waals surface area contributed by atoms with Crippen LogP contribution in [0.1, 0.15) is 53.9 Å². The third kappa shape index (κ3) is 13.7. The minimum atomic E-state index is -1.25. The average Bonchev–Trinajstić information content (AvgIpc) is 2.89. The Balaban J connectivity index is 5.64. The van der Waals surface area contributed by atoms with Crippen LogP contribution in [0.15, 0.2) is 4.99 Å². The van der Waals surface area contributed by atoms with Crippen LogP contribution in [-0.2, 0) is 28.8 Å². The molecule has 0 aromatic rings. The number of carbonyl (C=O) groups excluding carboxylic acids is 5. The number of hydrogen-bond donors (Lipinski definition) is 9. The molecule has 0 bridgehead atoms. The fourth-order valence-electron chi connectivity index (χ4n) is 3.39. The van der Waals surface area contributed by atoms with Crippen LogP contribution in [0.5, 0.6) is 0 Å². The van der Waals surface area contributed by atoms with Crippen molar-refractivity contribution in [2.45, 2.75) is 78.0 Å². The van der Waals surface area contributed by atoms with Crippen LogP contribution in [0.4, 0.5) is 0 Å². The SMILES string of the molecule is CC[C@H](C)[C@H](NC(=O)CN)C(=O)N[C@H](C(=O)N[C@@H](CCCN=C(N)N)C(=O)NCC(=O)N[C@@H](C)C(=O)O)C(C)C. The van der Waals surface area contributed by atoms with E-state index in [1.165, 1.54) is 6.92 Å². The summed E-state index contributed by atoms with van der Waals surface area (Å²) in [6.45, 7) is 7.61. The number of guanidine groups is 1. The molecule has 5 amide bonds. The molecule has 0 radical (unpaired) electrons.